The Kier molecular flexibility index (Phi) is 5.09. The molecule has 1 aliphatic heterocycles. The number of fused-ring (bicyclic) bond motifs is 1. The lowest BCUT2D eigenvalue weighted by atomic mass is 9.93. The summed E-state index contributed by atoms with van der Waals surface area (Å²) in [6.45, 7) is 3.65. The van der Waals surface area contributed by atoms with Crippen LogP contribution in [0.15, 0.2) is 29.6 Å². The lowest BCUT2D eigenvalue weighted by Crippen LogP contribution is -2.48. The first-order chi connectivity index (χ1) is 14.0. The van der Waals surface area contributed by atoms with Gasteiger partial charge >= 0.3 is 6.18 Å². The summed E-state index contributed by atoms with van der Waals surface area (Å²) in [5, 5.41) is 16.0. The number of carbonyl (C=O) groups is 1. The Balaban J connectivity index is 1.73. The molecule has 0 aliphatic carbocycles. The minimum atomic E-state index is -4.59. The molecule has 30 heavy (non-hydrogen) atoms. The summed E-state index contributed by atoms with van der Waals surface area (Å²) in [5.74, 6) is -0.622. The van der Waals surface area contributed by atoms with E-state index in [1.54, 1.807) is 28.5 Å². The van der Waals surface area contributed by atoms with E-state index < -0.39 is 23.4 Å². The molecule has 0 spiro atoms. The quantitative estimate of drug-likeness (QED) is 0.672. The van der Waals surface area contributed by atoms with Gasteiger partial charge in [-0.25, -0.2) is 9.50 Å². The van der Waals surface area contributed by atoms with Crippen molar-refractivity contribution in [3.8, 4) is 10.6 Å². The van der Waals surface area contributed by atoms with Crippen LogP contribution in [0.2, 0.25) is 0 Å². The molecule has 1 fully saturated rings. The number of carbonyl (C=O) groups excluding carboxylic acids is 1. The third-order valence-electron chi connectivity index (χ3n) is 5.16. The second-order valence-corrected chi connectivity index (χ2v) is 8.94. The van der Waals surface area contributed by atoms with Crippen LogP contribution < -0.4 is 0 Å². The molecule has 10 heteroatoms. The number of nitrogens with zero attached hydrogens (tertiary/aromatic N) is 4. The van der Waals surface area contributed by atoms with E-state index in [-0.39, 0.29) is 17.3 Å². The van der Waals surface area contributed by atoms with Gasteiger partial charge in [-0.1, -0.05) is 6.07 Å². The molecule has 4 heterocycles. The topological polar surface area (TPSA) is 70.7 Å². The third-order valence-corrected chi connectivity index (χ3v) is 6.05. The highest BCUT2D eigenvalue weighted by Gasteiger charge is 2.37. The van der Waals surface area contributed by atoms with Crippen molar-refractivity contribution in [1.82, 2.24) is 19.5 Å². The molecule has 1 saturated heterocycles. The van der Waals surface area contributed by atoms with E-state index in [4.69, 9.17) is 0 Å². The van der Waals surface area contributed by atoms with E-state index in [9.17, 15) is 23.1 Å². The molecule has 0 bridgehead atoms. The van der Waals surface area contributed by atoms with Crippen molar-refractivity contribution in [2.24, 2.45) is 0 Å². The zero-order valence-corrected chi connectivity index (χ0v) is 17.3. The highest BCUT2D eigenvalue weighted by atomic mass is 32.1. The fourth-order valence-electron chi connectivity index (χ4n) is 3.73. The number of hydrogen-bond donors (Lipinski definition) is 1. The maximum absolute atomic E-state index is 13.7. The average Bonchev–Trinajstić information content (AvgIpc) is 3.34. The zero-order valence-electron chi connectivity index (χ0n) is 16.5. The van der Waals surface area contributed by atoms with E-state index in [1.165, 1.54) is 25.2 Å². The Morgan fingerprint density at radius 2 is 2.07 bits per heavy atom. The Morgan fingerprint density at radius 3 is 2.70 bits per heavy atom. The highest BCUT2D eigenvalue weighted by molar-refractivity contribution is 7.13. The number of aliphatic hydroxyl groups is 1. The summed E-state index contributed by atoms with van der Waals surface area (Å²) >= 11 is 1.32. The van der Waals surface area contributed by atoms with Crippen molar-refractivity contribution < 1.29 is 23.1 Å². The van der Waals surface area contributed by atoms with Crippen molar-refractivity contribution in [2.45, 2.75) is 44.4 Å². The van der Waals surface area contributed by atoms with Crippen LogP contribution >= 0.6 is 11.3 Å². The van der Waals surface area contributed by atoms with Gasteiger partial charge in [-0.05, 0) is 44.2 Å². The molecule has 1 atom stereocenters. The van der Waals surface area contributed by atoms with Gasteiger partial charge in [-0.15, -0.1) is 11.3 Å². The molecule has 0 unspecified atom stereocenters. The minimum Gasteiger partial charge on any atom is -0.381 e. The van der Waals surface area contributed by atoms with E-state index >= 15 is 0 Å². The maximum atomic E-state index is 13.7. The first-order valence-electron chi connectivity index (χ1n) is 9.57. The second kappa shape index (κ2) is 7.35. The second-order valence-electron chi connectivity index (χ2n) is 7.99. The normalized spacial score (nSPS) is 18.2. The number of thiophene rings is 1. The SMILES string of the molecule is CC(C)(O)C(=O)N1CCC[C@@H](c2cc3nc(-c4cccs4)cc(C(F)(F)F)n3n2)C1. The number of amides is 1. The fourth-order valence-corrected chi connectivity index (χ4v) is 4.42. The van der Waals surface area contributed by atoms with Crippen LogP contribution in [0.1, 0.15) is 44.0 Å². The summed E-state index contributed by atoms with van der Waals surface area (Å²) < 4.78 is 42.0. The van der Waals surface area contributed by atoms with Gasteiger partial charge in [0.1, 0.15) is 5.60 Å². The molecule has 3 aromatic rings. The molecular formula is C20H21F3N4O2S. The number of piperidine rings is 1. The van der Waals surface area contributed by atoms with Crippen LogP contribution in [-0.2, 0) is 11.0 Å². The molecule has 160 valence electrons. The number of alkyl halides is 3. The van der Waals surface area contributed by atoms with E-state index in [0.717, 1.165) is 10.6 Å². The van der Waals surface area contributed by atoms with Crippen LogP contribution in [0, 0.1) is 0 Å². The Bertz CT molecular complexity index is 1070. The molecule has 1 N–H and O–H groups in total. The lowest BCUT2D eigenvalue weighted by Gasteiger charge is -2.35. The molecule has 6 nitrogen and oxygen atoms in total. The number of likely N-dealkylation sites (tertiary alicyclic amines) is 1. The van der Waals surface area contributed by atoms with Crippen LogP contribution in [0.25, 0.3) is 16.2 Å². The monoisotopic (exact) mass is 438 g/mol. The predicted octanol–water partition coefficient (Wildman–Crippen LogP) is 3.95. The zero-order chi connectivity index (χ0) is 21.7. The third kappa shape index (κ3) is 3.93. The Labute approximate surface area is 175 Å². The van der Waals surface area contributed by atoms with Gasteiger partial charge in [0.2, 0.25) is 0 Å². The highest BCUT2D eigenvalue weighted by Crippen LogP contribution is 2.35. The van der Waals surface area contributed by atoms with Gasteiger partial charge in [0, 0.05) is 25.1 Å². The van der Waals surface area contributed by atoms with Gasteiger partial charge < -0.3 is 10.0 Å². The van der Waals surface area contributed by atoms with Gasteiger partial charge in [0.15, 0.2) is 11.3 Å². The average molecular weight is 438 g/mol. The number of hydrogen-bond acceptors (Lipinski definition) is 5. The molecule has 1 amide bonds. The summed E-state index contributed by atoms with van der Waals surface area (Å²) in [5.41, 5.74) is -1.55. The Morgan fingerprint density at radius 1 is 1.30 bits per heavy atom. The van der Waals surface area contributed by atoms with Crippen molar-refractivity contribution in [1.29, 1.82) is 0 Å². The van der Waals surface area contributed by atoms with Crippen molar-refractivity contribution in [3.63, 3.8) is 0 Å². The van der Waals surface area contributed by atoms with Gasteiger partial charge in [0.05, 0.1) is 16.3 Å². The number of aromatic nitrogens is 3. The molecule has 0 aromatic carbocycles. The number of rotatable bonds is 3. The number of halogens is 3. The summed E-state index contributed by atoms with van der Waals surface area (Å²) in [4.78, 5) is 19.0. The van der Waals surface area contributed by atoms with Gasteiger partial charge in [-0.2, -0.15) is 18.3 Å². The smallest absolute Gasteiger partial charge is 0.381 e. The Hall–Kier alpha value is -2.46. The van der Waals surface area contributed by atoms with Crippen LogP contribution in [-0.4, -0.2) is 49.2 Å². The summed E-state index contributed by atoms with van der Waals surface area (Å²) in [6.07, 6.45) is -3.22. The lowest BCUT2D eigenvalue weighted by molar-refractivity contribution is -0.149. The fraction of sp³-hybridized carbons (Fsp3) is 0.450. The maximum Gasteiger partial charge on any atom is 0.433 e. The first-order valence-corrected chi connectivity index (χ1v) is 10.5. The van der Waals surface area contributed by atoms with Crippen LogP contribution in [0.4, 0.5) is 13.2 Å². The van der Waals surface area contributed by atoms with E-state index in [2.05, 4.69) is 10.1 Å². The minimum absolute atomic E-state index is 0.120. The van der Waals surface area contributed by atoms with Crippen LogP contribution in [0.5, 0.6) is 0 Å². The molecule has 1 aliphatic rings. The van der Waals surface area contributed by atoms with Gasteiger partial charge in [-0.3, -0.25) is 4.79 Å². The summed E-state index contributed by atoms with van der Waals surface area (Å²) in [7, 11) is 0. The van der Waals surface area contributed by atoms with E-state index in [1.807, 2.05) is 0 Å². The molecular weight excluding hydrogens is 417 g/mol. The largest absolute Gasteiger partial charge is 0.433 e. The van der Waals surface area contributed by atoms with Crippen molar-refractivity contribution >= 4 is 22.9 Å². The van der Waals surface area contributed by atoms with Crippen molar-refractivity contribution in [2.75, 3.05) is 13.1 Å². The summed E-state index contributed by atoms with van der Waals surface area (Å²) in [6, 6.07) is 6.06. The molecule has 0 saturated carbocycles. The van der Waals surface area contributed by atoms with Crippen molar-refractivity contribution in [3.05, 3.63) is 41.0 Å². The van der Waals surface area contributed by atoms with Gasteiger partial charge in [0.25, 0.3) is 5.91 Å². The standard InChI is InChI=1S/C20H21F3N4O2S/c1-19(2,29)18(28)26-7-3-5-12(11-26)13-10-17-24-14(15-6-4-8-30-15)9-16(20(21,22)23)27(17)25-13/h4,6,8-10,12,29H,3,5,7,11H2,1-2H3/t12-/m1/s1. The molecule has 0 radical (unpaired) electrons. The molecule has 3 aromatic heterocycles. The predicted molar refractivity (Wildman–Crippen MR) is 106 cm³/mol. The van der Waals surface area contributed by atoms with Crippen LogP contribution in [0.3, 0.4) is 0 Å². The van der Waals surface area contributed by atoms with E-state index in [0.29, 0.717) is 36.5 Å². The molecule has 4 rings (SSSR count). The first kappa shape index (κ1) is 20.8.